The maximum Gasteiger partial charge on any atom is 0.403 e. The van der Waals surface area contributed by atoms with Crippen molar-refractivity contribution in [3.63, 3.8) is 0 Å². The first-order chi connectivity index (χ1) is 20.2. The number of aromatic nitrogens is 5. The topological polar surface area (TPSA) is 243 Å². The zero-order valence-electron chi connectivity index (χ0n) is 23.0. The molecule has 0 bridgehead atoms. The third-order valence-electron chi connectivity index (χ3n) is 7.25. The van der Waals surface area contributed by atoms with E-state index in [1.807, 2.05) is 60.8 Å². The van der Waals surface area contributed by atoms with Crippen molar-refractivity contribution in [3.05, 3.63) is 78.2 Å². The van der Waals surface area contributed by atoms with Crippen LogP contribution in [-0.2, 0) is 26.8 Å². The summed E-state index contributed by atoms with van der Waals surface area (Å²) in [6.07, 6.45) is -1.45. The number of aliphatic hydroxyl groups excluding tert-OH is 2. The molecule has 10 N–H and O–H groups in total. The van der Waals surface area contributed by atoms with Crippen LogP contribution < -0.4 is 26.6 Å². The van der Waals surface area contributed by atoms with Gasteiger partial charge >= 0.3 is 13.4 Å². The smallest absolute Gasteiger partial charge is 0.403 e. The average molecular weight is 613 g/mol. The Bertz CT molecular complexity index is 1760. The van der Waals surface area contributed by atoms with E-state index in [2.05, 4.69) is 20.0 Å². The van der Waals surface area contributed by atoms with Crippen LogP contribution in [0.25, 0.3) is 22.1 Å². The van der Waals surface area contributed by atoms with Crippen molar-refractivity contribution >= 4 is 35.8 Å². The molecule has 0 saturated carbocycles. The molecule has 3 aromatic heterocycles. The van der Waals surface area contributed by atoms with Gasteiger partial charge in [-0.15, -0.1) is 0 Å². The second-order valence-electron chi connectivity index (χ2n) is 10.1. The number of hydrogen-bond acceptors (Lipinski definition) is 10. The molecule has 0 aliphatic carbocycles. The second kappa shape index (κ2) is 12.4. The molecule has 15 nitrogen and oxygen atoms in total. The first-order valence-corrected chi connectivity index (χ1v) is 14.9. The van der Waals surface area contributed by atoms with Gasteiger partial charge in [-0.25, -0.2) is 19.2 Å². The Labute approximate surface area is 245 Å². The highest BCUT2D eigenvalue weighted by molar-refractivity contribution is 7.50. The lowest BCUT2D eigenvalue weighted by molar-refractivity contribution is -0.745. The molecule has 0 radical (unpaired) electrons. The third-order valence-corrected chi connectivity index (χ3v) is 8.37. The second-order valence-corrected chi connectivity index (χ2v) is 11.7. The molecule has 0 spiro atoms. The highest BCUT2D eigenvalue weighted by atomic mass is 31.2. The summed E-state index contributed by atoms with van der Waals surface area (Å²) in [6, 6.07) is 17.1. The molecular formula is C27H33N8O7P. The van der Waals surface area contributed by atoms with E-state index in [9.17, 15) is 24.8 Å². The first-order valence-electron chi connectivity index (χ1n) is 13.3. The van der Waals surface area contributed by atoms with Crippen LogP contribution in [0.1, 0.15) is 17.4 Å². The Kier molecular flexibility index (Phi) is 8.78. The number of anilines is 1. The number of nitrogen functional groups attached to an aromatic ring is 1. The highest BCUT2D eigenvalue weighted by Crippen LogP contribution is 2.39. The summed E-state index contributed by atoms with van der Waals surface area (Å²) in [6.45, 7) is -0.0389. The van der Waals surface area contributed by atoms with E-state index in [1.54, 1.807) is 4.57 Å². The molecule has 2 aromatic carbocycles. The standard InChI is InChI=1S/C27H30N7O7P.H3N/c28-27-31-24-21(25(37)32-27)33(13-16-6-2-1-3-7-16)15-34(24)26-23(36)22(35)20(41-26)14-40-42(38,39)30-11-10-17-12-29-19-9-5-4-8-18(17)19;/h1-9,12,15,20,22-23,26,29,35-36H,10-11,13-14H2,(H4-,28,30,31,32,37,38,39);1H3/t20-,22-,23-,26-;/m1./s1. The van der Waals surface area contributed by atoms with Crippen molar-refractivity contribution in [3.8, 4) is 5.88 Å². The SMILES string of the molecule is N.Nc1nc([O-])c2c(n1)[n+]([C@@H]1O[C@H](COP(=O)(O)NCCc3c[nH]c4ccccc34)[C@@H](O)[C@H]1O)cn2Cc1ccccc1. The fourth-order valence-electron chi connectivity index (χ4n) is 5.21. The lowest BCUT2D eigenvalue weighted by Gasteiger charge is -2.18. The number of nitrogens with one attached hydrogen (secondary N) is 2. The molecule has 5 aromatic rings. The molecule has 1 aliphatic rings. The summed E-state index contributed by atoms with van der Waals surface area (Å²) >= 11 is 0. The van der Waals surface area contributed by atoms with Crippen LogP contribution in [0.3, 0.4) is 0 Å². The molecule has 16 heteroatoms. The first kappa shape index (κ1) is 30.5. The molecule has 5 atom stereocenters. The molecule has 1 saturated heterocycles. The number of benzene rings is 2. The van der Waals surface area contributed by atoms with Crippen LogP contribution in [0.15, 0.2) is 67.1 Å². The number of H-pyrrole nitrogens is 1. The van der Waals surface area contributed by atoms with E-state index in [0.717, 1.165) is 22.0 Å². The summed E-state index contributed by atoms with van der Waals surface area (Å²) in [4.78, 5) is 21.4. The third kappa shape index (κ3) is 6.25. The lowest BCUT2D eigenvalue weighted by Crippen LogP contribution is -2.46. The monoisotopic (exact) mass is 612 g/mol. The molecular weight excluding hydrogens is 579 g/mol. The van der Waals surface area contributed by atoms with Crippen molar-refractivity contribution in [1.29, 1.82) is 0 Å². The summed E-state index contributed by atoms with van der Waals surface area (Å²) in [7, 11) is -4.27. The quantitative estimate of drug-likeness (QED) is 0.0848. The number of ether oxygens (including phenoxy) is 1. The van der Waals surface area contributed by atoms with Gasteiger partial charge in [0.1, 0.15) is 18.3 Å². The molecule has 43 heavy (non-hydrogen) atoms. The van der Waals surface area contributed by atoms with Crippen LogP contribution in [0.5, 0.6) is 5.88 Å². The van der Waals surface area contributed by atoms with Crippen molar-refractivity contribution in [2.75, 3.05) is 18.9 Å². The predicted octanol–water partition coefficient (Wildman–Crippen LogP) is 0.635. The number of fused-ring (bicyclic) bond motifs is 2. The average Bonchev–Trinajstić information content (AvgIpc) is 3.62. The Morgan fingerprint density at radius 1 is 1.14 bits per heavy atom. The molecule has 6 rings (SSSR count). The van der Waals surface area contributed by atoms with Crippen LogP contribution in [0.2, 0.25) is 0 Å². The highest BCUT2D eigenvalue weighted by Gasteiger charge is 2.47. The zero-order chi connectivity index (χ0) is 29.4. The van der Waals surface area contributed by atoms with E-state index >= 15 is 0 Å². The number of hydrogen-bond donors (Lipinski definition) is 7. The molecule has 4 heterocycles. The van der Waals surface area contributed by atoms with E-state index in [4.69, 9.17) is 15.0 Å². The van der Waals surface area contributed by atoms with Crippen molar-refractivity contribution in [1.82, 2.24) is 30.8 Å². The molecule has 1 aliphatic heterocycles. The summed E-state index contributed by atoms with van der Waals surface area (Å²) in [5.74, 6) is -0.869. The zero-order valence-corrected chi connectivity index (χ0v) is 23.9. The Balaban J connectivity index is 0.00000368. The van der Waals surface area contributed by atoms with Gasteiger partial charge in [0.2, 0.25) is 6.23 Å². The van der Waals surface area contributed by atoms with Gasteiger partial charge in [-0.1, -0.05) is 53.5 Å². The molecule has 1 fully saturated rings. The minimum absolute atomic E-state index is 0. The van der Waals surface area contributed by atoms with Crippen LogP contribution in [-0.4, -0.2) is 66.1 Å². The number of aliphatic hydroxyl groups is 2. The molecule has 228 valence electrons. The van der Waals surface area contributed by atoms with E-state index < -0.39 is 44.8 Å². The number of aromatic amines is 1. The van der Waals surface area contributed by atoms with Gasteiger partial charge in [0.25, 0.3) is 5.95 Å². The van der Waals surface area contributed by atoms with Gasteiger partial charge in [-0.05, 0) is 23.6 Å². The van der Waals surface area contributed by atoms with Crippen molar-refractivity contribution in [2.24, 2.45) is 0 Å². The van der Waals surface area contributed by atoms with Gasteiger partial charge in [-0.3, -0.25) is 9.09 Å². The number of imidazole rings is 1. The van der Waals surface area contributed by atoms with E-state index in [-0.39, 0.29) is 29.8 Å². The minimum Gasteiger partial charge on any atom is -0.856 e. The number of nitrogens with two attached hydrogens (primary N) is 1. The molecule has 0 amide bonds. The minimum atomic E-state index is -4.27. The van der Waals surface area contributed by atoms with Crippen molar-refractivity contribution < 1.29 is 38.6 Å². The number of para-hydroxylation sites is 1. The summed E-state index contributed by atoms with van der Waals surface area (Å²) < 4.78 is 26.8. The van der Waals surface area contributed by atoms with Crippen LogP contribution >= 0.6 is 7.75 Å². The Morgan fingerprint density at radius 3 is 2.67 bits per heavy atom. The predicted molar refractivity (Wildman–Crippen MR) is 154 cm³/mol. The van der Waals surface area contributed by atoms with Crippen LogP contribution in [0, 0.1) is 0 Å². The normalized spacial score (nSPS) is 21.7. The fourth-order valence-corrected chi connectivity index (χ4v) is 6.04. The number of rotatable bonds is 10. The lowest BCUT2D eigenvalue weighted by atomic mass is 10.1. The largest absolute Gasteiger partial charge is 0.856 e. The van der Waals surface area contributed by atoms with Gasteiger partial charge in [-0.2, -0.15) is 0 Å². The van der Waals surface area contributed by atoms with Gasteiger partial charge in [0, 0.05) is 29.5 Å². The molecule has 1 unspecified atom stereocenters. The summed E-state index contributed by atoms with van der Waals surface area (Å²) in [5, 5.41) is 37.9. The number of nitrogens with zero attached hydrogens (tertiary/aromatic N) is 4. The maximum atomic E-state index is 12.8. The van der Waals surface area contributed by atoms with E-state index in [1.165, 1.54) is 10.9 Å². The van der Waals surface area contributed by atoms with Gasteiger partial charge in [0.15, 0.2) is 11.8 Å². The Morgan fingerprint density at radius 2 is 1.88 bits per heavy atom. The summed E-state index contributed by atoms with van der Waals surface area (Å²) in [5.41, 5.74) is 8.84. The van der Waals surface area contributed by atoms with Crippen LogP contribution in [0.4, 0.5) is 5.95 Å². The van der Waals surface area contributed by atoms with Gasteiger partial charge in [0.05, 0.1) is 13.2 Å². The Hall–Kier alpha value is -3.92. The van der Waals surface area contributed by atoms with Gasteiger partial charge < -0.3 is 41.8 Å². The van der Waals surface area contributed by atoms with Crippen molar-refractivity contribution in [2.45, 2.75) is 37.5 Å². The van der Waals surface area contributed by atoms with E-state index in [0.29, 0.717) is 13.0 Å². The fraction of sp³-hybridized carbons (Fsp3) is 0.296. The maximum absolute atomic E-state index is 12.8.